The quantitative estimate of drug-likeness (QED) is 0.869. The van der Waals surface area contributed by atoms with Crippen LogP contribution in [0.5, 0.6) is 0 Å². The maximum Gasteiger partial charge on any atom is 0.410 e. The fraction of sp³-hybridized carbons (Fsp3) is 0.941. The van der Waals surface area contributed by atoms with Gasteiger partial charge in [0.05, 0.1) is 0 Å². The van der Waals surface area contributed by atoms with Crippen molar-refractivity contribution >= 4 is 6.09 Å². The maximum atomic E-state index is 12.1. The van der Waals surface area contributed by atoms with E-state index in [1.54, 1.807) is 0 Å². The molecule has 0 bridgehead atoms. The van der Waals surface area contributed by atoms with E-state index in [1.165, 1.54) is 13.0 Å². The highest BCUT2D eigenvalue weighted by Gasteiger charge is 2.30. The molecule has 0 radical (unpaired) electrons. The van der Waals surface area contributed by atoms with E-state index in [1.807, 2.05) is 25.7 Å². The molecule has 2 rings (SSSR count). The minimum Gasteiger partial charge on any atom is -0.444 e. The van der Waals surface area contributed by atoms with E-state index in [-0.39, 0.29) is 6.09 Å². The molecule has 1 amide bonds. The first-order chi connectivity index (χ1) is 10.2. The van der Waals surface area contributed by atoms with E-state index in [2.05, 4.69) is 24.1 Å². The third-order valence-electron chi connectivity index (χ3n) is 4.57. The molecule has 2 saturated heterocycles. The normalized spacial score (nSPS) is 25.0. The van der Waals surface area contributed by atoms with Crippen LogP contribution in [0.25, 0.3) is 0 Å². The Labute approximate surface area is 135 Å². The van der Waals surface area contributed by atoms with E-state index in [4.69, 9.17) is 4.74 Å². The van der Waals surface area contributed by atoms with Crippen LogP contribution in [0.1, 0.15) is 53.9 Å². The highest BCUT2D eigenvalue weighted by Crippen LogP contribution is 2.18. The summed E-state index contributed by atoms with van der Waals surface area (Å²) in [6.45, 7) is 14.2. The lowest BCUT2D eigenvalue weighted by Gasteiger charge is -2.35. The molecular weight excluding hydrogens is 278 g/mol. The fourth-order valence-corrected chi connectivity index (χ4v) is 3.28. The van der Waals surface area contributed by atoms with Gasteiger partial charge in [-0.1, -0.05) is 0 Å². The molecule has 0 saturated carbocycles. The second-order valence-corrected chi connectivity index (χ2v) is 7.98. The van der Waals surface area contributed by atoms with Crippen LogP contribution in [-0.4, -0.2) is 65.8 Å². The lowest BCUT2D eigenvalue weighted by molar-refractivity contribution is 0.0196. The first kappa shape index (κ1) is 17.5. The molecule has 2 fully saturated rings. The number of nitrogens with one attached hydrogen (secondary N) is 1. The summed E-state index contributed by atoms with van der Waals surface area (Å²) >= 11 is 0. The zero-order valence-corrected chi connectivity index (χ0v) is 14.9. The molecular formula is C17H33N3O2. The standard InChI is InChI=1S/C17H33N3O2/c1-13(2)20-11-8-15(12-20)18-14-6-9-19(10-7-14)16(21)22-17(3,4)5/h13-15,18H,6-12H2,1-5H3. The van der Waals surface area contributed by atoms with Gasteiger partial charge in [0, 0.05) is 37.8 Å². The fourth-order valence-electron chi connectivity index (χ4n) is 3.28. The minimum absolute atomic E-state index is 0.169. The van der Waals surface area contributed by atoms with Crippen molar-refractivity contribution in [1.82, 2.24) is 15.1 Å². The van der Waals surface area contributed by atoms with Gasteiger partial charge in [0.2, 0.25) is 0 Å². The predicted molar refractivity (Wildman–Crippen MR) is 89.1 cm³/mol. The summed E-state index contributed by atoms with van der Waals surface area (Å²) in [7, 11) is 0. The number of hydrogen-bond acceptors (Lipinski definition) is 4. The number of likely N-dealkylation sites (tertiary alicyclic amines) is 2. The molecule has 5 nitrogen and oxygen atoms in total. The number of carbonyl (C=O) groups excluding carboxylic acids is 1. The topological polar surface area (TPSA) is 44.8 Å². The number of piperidine rings is 1. The summed E-state index contributed by atoms with van der Waals surface area (Å²) in [6, 6.07) is 1.79. The van der Waals surface area contributed by atoms with Crippen molar-refractivity contribution in [2.45, 2.75) is 77.6 Å². The molecule has 1 N–H and O–H groups in total. The lowest BCUT2D eigenvalue weighted by atomic mass is 10.0. The molecule has 0 aromatic carbocycles. The molecule has 2 aliphatic heterocycles. The summed E-state index contributed by atoms with van der Waals surface area (Å²) in [5.74, 6) is 0. The Morgan fingerprint density at radius 2 is 1.68 bits per heavy atom. The zero-order valence-electron chi connectivity index (χ0n) is 14.9. The SMILES string of the molecule is CC(C)N1CCC(NC2CCN(C(=O)OC(C)(C)C)CC2)C1. The minimum atomic E-state index is -0.406. The predicted octanol–water partition coefficient (Wildman–Crippen LogP) is 2.46. The van der Waals surface area contributed by atoms with Gasteiger partial charge in [-0.15, -0.1) is 0 Å². The van der Waals surface area contributed by atoms with Crippen LogP contribution in [0.2, 0.25) is 0 Å². The number of nitrogens with zero attached hydrogens (tertiary/aromatic N) is 2. The van der Waals surface area contributed by atoms with Crippen molar-refractivity contribution in [3.8, 4) is 0 Å². The van der Waals surface area contributed by atoms with Crippen LogP contribution in [0.3, 0.4) is 0 Å². The van der Waals surface area contributed by atoms with Crippen molar-refractivity contribution in [2.24, 2.45) is 0 Å². The molecule has 2 heterocycles. The first-order valence-electron chi connectivity index (χ1n) is 8.72. The van der Waals surface area contributed by atoms with Gasteiger partial charge in [-0.25, -0.2) is 4.79 Å². The number of ether oxygens (including phenoxy) is 1. The van der Waals surface area contributed by atoms with Gasteiger partial charge in [0.15, 0.2) is 0 Å². The molecule has 22 heavy (non-hydrogen) atoms. The van der Waals surface area contributed by atoms with Gasteiger partial charge in [-0.3, -0.25) is 4.90 Å². The smallest absolute Gasteiger partial charge is 0.410 e. The van der Waals surface area contributed by atoms with Crippen molar-refractivity contribution in [1.29, 1.82) is 0 Å². The van der Waals surface area contributed by atoms with Gasteiger partial charge < -0.3 is 15.0 Å². The van der Waals surface area contributed by atoms with Crippen LogP contribution >= 0.6 is 0 Å². The van der Waals surface area contributed by atoms with E-state index >= 15 is 0 Å². The highest BCUT2D eigenvalue weighted by molar-refractivity contribution is 5.68. The number of hydrogen-bond donors (Lipinski definition) is 1. The van der Waals surface area contributed by atoms with Crippen LogP contribution in [0.15, 0.2) is 0 Å². The molecule has 1 unspecified atom stereocenters. The van der Waals surface area contributed by atoms with Gasteiger partial charge in [-0.2, -0.15) is 0 Å². The van der Waals surface area contributed by atoms with Gasteiger partial charge >= 0.3 is 6.09 Å². The summed E-state index contributed by atoms with van der Waals surface area (Å²) in [5, 5.41) is 3.79. The zero-order chi connectivity index (χ0) is 16.3. The summed E-state index contributed by atoms with van der Waals surface area (Å²) in [5.41, 5.74) is -0.406. The number of rotatable bonds is 3. The Kier molecular flexibility index (Phi) is 5.72. The molecule has 2 aliphatic rings. The highest BCUT2D eigenvalue weighted by atomic mass is 16.6. The average Bonchev–Trinajstić information content (AvgIpc) is 2.86. The maximum absolute atomic E-state index is 12.1. The van der Waals surface area contributed by atoms with E-state index in [0.29, 0.717) is 18.1 Å². The van der Waals surface area contributed by atoms with Crippen LogP contribution in [0.4, 0.5) is 4.79 Å². The largest absolute Gasteiger partial charge is 0.444 e. The Balaban J connectivity index is 1.70. The molecule has 0 aromatic heterocycles. The van der Waals surface area contributed by atoms with Gasteiger partial charge in [0.25, 0.3) is 0 Å². The van der Waals surface area contributed by atoms with Gasteiger partial charge in [0.1, 0.15) is 5.60 Å². The summed E-state index contributed by atoms with van der Waals surface area (Å²) in [4.78, 5) is 16.4. The number of amides is 1. The first-order valence-corrected chi connectivity index (χ1v) is 8.72. The van der Waals surface area contributed by atoms with Crippen LogP contribution < -0.4 is 5.32 Å². The molecule has 0 spiro atoms. The molecule has 1 atom stereocenters. The van der Waals surface area contributed by atoms with Crippen molar-refractivity contribution in [3.05, 3.63) is 0 Å². The molecule has 128 valence electrons. The lowest BCUT2D eigenvalue weighted by Crippen LogP contribution is -2.49. The second-order valence-electron chi connectivity index (χ2n) is 7.98. The third-order valence-corrected chi connectivity index (χ3v) is 4.57. The Morgan fingerprint density at radius 3 is 2.18 bits per heavy atom. The van der Waals surface area contributed by atoms with Crippen LogP contribution in [-0.2, 0) is 4.74 Å². The Hall–Kier alpha value is -0.810. The average molecular weight is 311 g/mol. The summed E-state index contributed by atoms with van der Waals surface area (Å²) in [6.07, 6.45) is 3.12. The van der Waals surface area contributed by atoms with E-state index < -0.39 is 5.60 Å². The third kappa shape index (κ3) is 5.13. The van der Waals surface area contributed by atoms with Crippen molar-refractivity contribution in [2.75, 3.05) is 26.2 Å². The second kappa shape index (κ2) is 7.18. The van der Waals surface area contributed by atoms with Gasteiger partial charge in [-0.05, 0) is 60.4 Å². The molecule has 5 heteroatoms. The van der Waals surface area contributed by atoms with Crippen molar-refractivity contribution in [3.63, 3.8) is 0 Å². The van der Waals surface area contributed by atoms with Crippen molar-refractivity contribution < 1.29 is 9.53 Å². The molecule has 0 aromatic rings. The number of carbonyl (C=O) groups is 1. The summed E-state index contributed by atoms with van der Waals surface area (Å²) < 4.78 is 5.45. The monoisotopic (exact) mass is 311 g/mol. The van der Waals surface area contributed by atoms with E-state index in [0.717, 1.165) is 32.5 Å². The molecule has 0 aliphatic carbocycles. The van der Waals surface area contributed by atoms with Crippen LogP contribution in [0, 0.1) is 0 Å². The Bertz CT molecular complexity index is 371. The van der Waals surface area contributed by atoms with E-state index in [9.17, 15) is 4.79 Å². The Morgan fingerprint density at radius 1 is 1.09 bits per heavy atom.